The summed E-state index contributed by atoms with van der Waals surface area (Å²) in [5.41, 5.74) is 1.34. The molecule has 1 aromatic rings. The van der Waals surface area contributed by atoms with Gasteiger partial charge in [0.2, 0.25) is 0 Å². The summed E-state index contributed by atoms with van der Waals surface area (Å²) in [6, 6.07) is 8.97. The van der Waals surface area contributed by atoms with Crippen LogP contribution in [0, 0.1) is 0 Å². The molecule has 100 valence electrons. The number of rotatable bonds is 6. The summed E-state index contributed by atoms with van der Waals surface area (Å²) < 4.78 is 5.17. The number of aliphatic hydroxyl groups is 1. The molecule has 0 aromatic heterocycles. The zero-order chi connectivity index (χ0) is 12.8. The molecule has 1 atom stereocenters. The number of likely N-dealkylation sites (tertiary alicyclic amines) is 1. The van der Waals surface area contributed by atoms with E-state index >= 15 is 0 Å². The van der Waals surface area contributed by atoms with Gasteiger partial charge >= 0.3 is 0 Å². The first-order valence-electron chi connectivity index (χ1n) is 6.81. The molecule has 1 unspecified atom stereocenters. The zero-order valence-electron chi connectivity index (χ0n) is 11.1. The molecule has 3 heteroatoms. The molecule has 1 saturated heterocycles. The Morgan fingerprint density at radius 2 is 2.11 bits per heavy atom. The van der Waals surface area contributed by atoms with Crippen LogP contribution in [-0.4, -0.2) is 36.3 Å². The van der Waals surface area contributed by atoms with E-state index in [4.69, 9.17) is 9.84 Å². The third-order valence-electron chi connectivity index (χ3n) is 3.74. The number of ether oxygens (including phenoxy) is 1. The maximum atomic E-state index is 8.93. The molecule has 1 aliphatic rings. The van der Waals surface area contributed by atoms with Crippen molar-refractivity contribution in [3.05, 3.63) is 29.8 Å². The monoisotopic (exact) mass is 249 g/mol. The second kappa shape index (κ2) is 6.76. The smallest absolute Gasteiger partial charge is 0.118 e. The first-order chi connectivity index (χ1) is 8.83. The number of benzene rings is 1. The van der Waals surface area contributed by atoms with Crippen molar-refractivity contribution >= 4 is 0 Å². The lowest BCUT2D eigenvalue weighted by atomic mass is 10.1. The van der Waals surface area contributed by atoms with Gasteiger partial charge in [0.1, 0.15) is 5.75 Å². The third-order valence-corrected chi connectivity index (χ3v) is 3.74. The molecule has 0 spiro atoms. The van der Waals surface area contributed by atoms with E-state index in [-0.39, 0.29) is 0 Å². The van der Waals surface area contributed by atoms with Gasteiger partial charge in [-0.2, -0.15) is 0 Å². The van der Waals surface area contributed by atoms with Crippen molar-refractivity contribution in [1.29, 1.82) is 0 Å². The van der Waals surface area contributed by atoms with Crippen LogP contribution in [0.5, 0.6) is 5.75 Å². The Morgan fingerprint density at radius 3 is 2.78 bits per heavy atom. The molecule has 0 saturated carbocycles. The highest BCUT2D eigenvalue weighted by Gasteiger charge is 2.23. The fourth-order valence-electron chi connectivity index (χ4n) is 2.72. The first kappa shape index (κ1) is 13.4. The maximum Gasteiger partial charge on any atom is 0.118 e. The number of aliphatic hydroxyl groups excluding tert-OH is 1. The molecule has 0 radical (unpaired) electrons. The topological polar surface area (TPSA) is 32.7 Å². The van der Waals surface area contributed by atoms with Crippen molar-refractivity contribution in [2.24, 2.45) is 0 Å². The quantitative estimate of drug-likeness (QED) is 0.840. The van der Waals surface area contributed by atoms with E-state index in [1.165, 1.54) is 24.9 Å². The van der Waals surface area contributed by atoms with Crippen LogP contribution >= 0.6 is 0 Å². The lowest BCUT2D eigenvalue weighted by molar-refractivity contribution is 0.210. The summed E-state index contributed by atoms with van der Waals surface area (Å²) >= 11 is 0. The van der Waals surface area contributed by atoms with Crippen molar-refractivity contribution < 1.29 is 9.84 Å². The molecule has 1 N–H and O–H groups in total. The van der Waals surface area contributed by atoms with E-state index in [0.717, 1.165) is 25.1 Å². The summed E-state index contributed by atoms with van der Waals surface area (Å²) in [6.07, 6.45) is 4.60. The molecular weight excluding hydrogens is 226 g/mol. The van der Waals surface area contributed by atoms with Crippen molar-refractivity contribution in [3.63, 3.8) is 0 Å². The summed E-state index contributed by atoms with van der Waals surface area (Å²) in [4.78, 5) is 2.54. The molecule has 0 amide bonds. The largest absolute Gasteiger partial charge is 0.497 e. The molecule has 3 nitrogen and oxygen atoms in total. The minimum atomic E-state index is 0.312. The molecule has 1 aromatic carbocycles. The Kier molecular flexibility index (Phi) is 5.02. The molecular formula is C15H23NO2. The molecule has 1 heterocycles. The van der Waals surface area contributed by atoms with Crippen molar-refractivity contribution in [2.75, 3.05) is 20.3 Å². The highest BCUT2D eigenvalue weighted by atomic mass is 16.5. The van der Waals surface area contributed by atoms with Crippen molar-refractivity contribution in [2.45, 2.75) is 38.3 Å². The van der Waals surface area contributed by atoms with Crippen LogP contribution in [0.4, 0.5) is 0 Å². The highest BCUT2D eigenvalue weighted by Crippen LogP contribution is 2.24. The van der Waals surface area contributed by atoms with Crippen LogP contribution in [0.3, 0.4) is 0 Å². The van der Waals surface area contributed by atoms with E-state index in [1.807, 2.05) is 12.1 Å². The Balaban J connectivity index is 1.90. The third kappa shape index (κ3) is 3.47. The second-order valence-corrected chi connectivity index (χ2v) is 4.98. The SMILES string of the molecule is COc1ccc(CN2CCCC2CCCO)cc1. The maximum absolute atomic E-state index is 8.93. The molecule has 18 heavy (non-hydrogen) atoms. The number of hydrogen-bond acceptors (Lipinski definition) is 3. The van der Waals surface area contributed by atoms with Gasteiger partial charge < -0.3 is 9.84 Å². The second-order valence-electron chi connectivity index (χ2n) is 4.98. The van der Waals surface area contributed by atoms with Crippen molar-refractivity contribution in [3.8, 4) is 5.75 Å². The van der Waals surface area contributed by atoms with Crippen LogP contribution in [-0.2, 0) is 6.54 Å². The van der Waals surface area contributed by atoms with Crippen LogP contribution in [0.15, 0.2) is 24.3 Å². The molecule has 1 aliphatic heterocycles. The van der Waals surface area contributed by atoms with Gasteiger partial charge in [0.05, 0.1) is 7.11 Å². The van der Waals surface area contributed by atoms with Crippen LogP contribution in [0.1, 0.15) is 31.2 Å². The Morgan fingerprint density at radius 1 is 1.33 bits per heavy atom. The Hall–Kier alpha value is -1.06. The Bertz CT molecular complexity index is 350. The number of methoxy groups -OCH3 is 1. The molecule has 1 fully saturated rings. The number of nitrogens with zero attached hydrogens (tertiary/aromatic N) is 1. The lowest BCUT2D eigenvalue weighted by Gasteiger charge is -2.24. The van der Waals surface area contributed by atoms with E-state index in [2.05, 4.69) is 17.0 Å². The standard InChI is InChI=1S/C15H23NO2/c1-18-15-8-6-13(7-9-15)12-16-10-2-4-14(16)5-3-11-17/h6-9,14,17H,2-5,10-12H2,1H3. The minimum Gasteiger partial charge on any atom is -0.497 e. The predicted octanol–water partition coefficient (Wildman–Crippen LogP) is 2.43. The first-order valence-corrected chi connectivity index (χ1v) is 6.81. The van der Waals surface area contributed by atoms with Crippen molar-refractivity contribution in [1.82, 2.24) is 4.90 Å². The minimum absolute atomic E-state index is 0.312. The number of hydrogen-bond donors (Lipinski definition) is 1. The van der Waals surface area contributed by atoms with Gasteiger partial charge in [0, 0.05) is 19.2 Å². The fourth-order valence-corrected chi connectivity index (χ4v) is 2.72. The molecule has 2 rings (SSSR count). The summed E-state index contributed by atoms with van der Waals surface area (Å²) in [7, 11) is 1.69. The van der Waals surface area contributed by atoms with Gasteiger partial charge in [-0.25, -0.2) is 0 Å². The Labute approximate surface area is 109 Å². The fraction of sp³-hybridized carbons (Fsp3) is 0.600. The molecule has 0 bridgehead atoms. The summed E-state index contributed by atoms with van der Waals surface area (Å²) in [6.45, 7) is 2.51. The molecule has 0 aliphatic carbocycles. The van der Waals surface area contributed by atoms with Crippen LogP contribution in [0.2, 0.25) is 0 Å². The normalized spacial score (nSPS) is 20.2. The van der Waals surface area contributed by atoms with Gasteiger partial charge in [0.25, 0.3) is 0 Å². The van der Waals surface area contributed by atoms with Gasteiger partial charge in [-0.3, -0.25) is 4.90 Å². The van der Waals surface area contributed by atoms with E-state index in [1.54, 1.807) is 7.11 Å². The van der Waals surface area contributed by atoms with Gasteiger partial charge in [0.15, 0.2) is 0 Å². The average Bonchev–Trinajstić information content (AvgIpc) is 2.84. The van der Waals surface area contributed by atoms with Gasteiger partial charge in [-0.1, -0.05) is 12.1 Å². The highest BCUT2D eigenvalue weighted by molar-refractivity contribution is 5.27. The van der Waals surface area contributed by atoms with E-state index in [0.29, 0.717) is 12.6 Å². The predicted molar refractivity (Wildman–Crippen MR) is 72.7 cm³/mol. The average molecular weight is 249 g/mol. The zero-order valence-corrected chi connectivity index (χ0v) is 11.1. The van der Waals surface area contributed by atoms with Gasteiger partial charge in [-0.15, -0.1) is 0 Å². The van der Waals surface area contributed by atoms with Crippen LogP contribution in [0.25, 0.3) is 0 Å². The van der Waals surface area contributed by atoms with Gasteiger partial charge in [-0.05, 0) is 49.9 Å². The summed E-state index contributed by atoms with van der Waals surface area (Å²) in [5.74, 6) is 0.914. The summed E-state index contributed by atoms with van der Waals surface area (Å²) in [5, 5.41) is 8.93. The van der Waals surface area contributed by atoms with E-state index < -0.39 is 0 Å². The van der Waals surface area contributed by atoms with E-state index in [9.17, 15) is 0 Å². The lowest BCUT2D eigenvalue weighted by Crippen LogP contribution is -2.29. The van der Waals surface area contributed by atoms with Crippen LogP contribution < -0.4 is 4.74 Å².